The Bertz CT molecular complexity index is 748. The molecule has 23 heavy (non-hydrogen) atoms. The van der Waals surface area contributed by atoms with E-state index < -0.39 is 5.60 Å². The minimum Gasteiger partial charge on any atom is -0.444 e. The molecule has 0 bridgehead atoms. The number of halogens is 1. The van der Waals surface area contributed by atoms with Gasteiger partial charge in [0.2, 0.25) is 0 Å². The first-order valence-corrected chi connectivity index (χ1v) is 8.66. The molecule has 1 amide bonds. The van der Waals surface area contributed by atoms with Gasteiger partial charge in [0, 0.05) is 17.6 Å². The number of fused-ring (bicyclic) bond motifs is 1. The predicted molar refractivity (Wildman–Crippen MR) is 93.6 cm³/mol. The summed E-state index contributed by atoms with van der Waals surface area (Å²) in [7, 11) is 0. The SMILES string of the molecule is Cc1nc2ccc(Br)cc2n1C1CCN(C(=O)OC(C)(C)C)C1. The zero-order valence-electron chi connectivity index (χ0n) is 14.0. The lowest BCUT2D eigenvalue weighted by molar-refractivity contribution is 0.0289. The van der Waals surface area contributed by atoms with Crippen LogP contribution in [0.5, 0.6) is 0 Å². The van der Waals surface area contributed by atoms with Crippen LogP contribution >= 0.6 is 15.9 Å². The monoisotopic (exact) mass is 379 g/mol. The summed E-state index contributed by atoms with van der Waals surface area (Å²) in [6.07, 6.45) is 0.682. The van der Waals surface area contributed by atoms with E-state index in [9.17, 15) is 4.79 Å². The number of hydrogen-bond donors (Lipinski definition) is 0. The van der Waals surface area contributed by atoms with Crippen molar-refractivity contribution in [3.63, 3.8) is 0 Å². The summed E-state index contributed by atoms with van der Waals surface area (Å²) in [5.41, 5.74) is 1.63. The first kappa shape index (κ1) is 16.3. The summed E-state index contributed by atoms with van der Waals surface area (Å²) in [4.78, 5) is 18.7. The summed E-state index contributed by atoms with van der Waals surface area (Å²) in [6.45, 7) is 9.07. The van der Waals surface area contributed by atoms with Gasteiger partial charge in [-0.3, -0.25) is 0 Å². The number of hydrogen-bond acceptors (Lipinski definition) is 3. The third kappa shape index (κ3) is 3.37. The second-order valence-corrected chi connectivity index (χ2v) is 7.95. The van der Waals surface area contributed by atoms with Crippen LogP contribution in [0.1, 0.15) is 39.1 Å². The minimum atomic E-state index is -0.461. The third-order valence-corrected chi connectivity index (χ3v) is 4.50. The number of aromatic nitrogens is 2. The van der Waals surface area contributed by atoms with Gasteiger partial charge >= 0.3 is 6.09 Å². The molecule has 1 aromatic carbocycles. The molecule has 1 aliphatic heterocycles. The Balaban J connectivity index is 1.83. The molecule has 1 aliphatic rings. The Hall–Kier alpha value is -1.56. The predicted octanol–water partition coefficient (Wildman–Crippen LogP) is 4.29. The molecule has 2 aromatic rings. The highest BCUT2D eigenvalue weighted by Crippen LogP contribution is 2.30. The number of benzene rings is 1. The highest BCUT2D eigenvalue weighted by molar-refractivity contribution is 9.10. The van der Waals surface area contributed by atoms with Crippen LogP contribution in [-0.2, 0) is 4.74 Å². The fraction of sp³-hybridized carbons (Fsp3) is 0.529. The zero-order chi connectivity index (χ0) is 16.8. The topological polar surface area (TPSA) is 47.4 Å². The summed E-state index contributed by atoms with van der Waals surface area (Å²) in [5.74, 6) is 0.981. The third-order valence-electron chi connectivity index (χ3n) is 4.01. The van der Waals surface area contributed by atoms with E-state index in [0.717, 1.165) is 27.8 Å². The molecule has 2 heterocycles. The van der Waals surface area contributed by atoms with Gasteiger partial charge in [0.05, 0.1) is 17.1 Å². The van der Waals surface area contributed by atoms with Crippen LogP contribution < -0.4 is 0 Å². The molecule has 1 aromatic heterocycles. The molecular formula is C17H22BrN3O2. The van der Waals surface area contributed by atoms with Crippen molar-refractivity contribution in [1.29, 1.82) is 0 Å². The lowest BCUT2D eigenvalue weighted by Gasteiger charge is -2.24. The van der Waals surface area contributed by atoms with Crippen molar-refractivity contribution in [2.45, 2.75) is 45.8 Å². The quantitative estimate of drug-likeness (QED) is 0.742. The Kier molecular flexibility index (Phi) is 4.12. The number of likely N-dealkylation sites (tertiary alicyclic amines) is 1. The highest BCUT2D eigenvalue weighted by Gasteiger charge is 2.32. The van der Waals surface area contributed by atoms with Crippen molar-refractivity contribution in [1.82, 2.24) is 14.5 Å². The van der Waals surface area contributed by atoms with E-state index in [1.165, 1.54) is 0 Å². The van der Waals surface area contributed by atoms with Gasteiger partial charge in [-0.1, -0.05) is 15.9 Å². The van der Waals surface area contributed by atoms with Gasteiger partial charge in [-0.05, 0) is 52.3 Å². The van der Waals surface area contributed by atoms with Crippen molar-refractivity contribution in [2.24, 2.45) is 0 Å². The Labute approximate surface area is 144 Å². The molecule has 0 radical (unpaired) electrons. The molecule has 0 N–H and O–H groups in total. The van der Waals surface area contributed by atoms with Crippen molar-refractivity contribution in [3.8, 4) is 0 Å². The van der Waals surface area contributed by atoms with Gasteiger partial charge < -0.3 is 14.2 Å². The summed E-state index contributed by atoms with van der Waals surface area (Å²) in [5, 5.41) is 0. The minimum absolute atomic E-state index is 0.233. The largest absolute Gasteiger partial charge is 0.444 e. The standard InChI is InChI=1S/C17H22BrN3O2/c1-11-19-14-6-5-12(18)9-15(14)21(11)13-7-8-20(10-13)16(22)23-17(2,3)4/h5-6,9,13H,7-8,10H2,1-4H3. The molecule has 1 fully saturated rings. The average Bonchev–Trinajstić information content (AvgIpc) is 3.00. The smallest absolute Gasteiger partial charge is 0.410 e. The number of nitrogens with zero attached hydrogens (tertiary/aromatic N) is 3. The molecule has 6 heteroatoms. The van der Waals surface area contributed by atoms with Crippen LogP contribution in [0.25, 0.3) is 11.0 Å². The maximum absolute atomic E-state index is 12.3. The molecule has 124 valence electrons. The summed E-state index contributed by atoms with van der Waals surface area (Å²) < 4.78 is 8.75. The lowest BCUT2D eigenvalue weighted by Crippen LogP contribution is -2.35. The normalized spacial score (nSPS) is 18.7. The van der Waals surface area contributed by atoms with E-state index in [0.29, 0.717) is 13.1 Å². The number of imidazole rings is 1. The van der Waals surface area contributed by atoms with E-state index in [1.54, 1.807) is 4.90 Å². The van der Waals surface area contributed by atoms with Gasteiger partial charge in [0.15, 0.2) is 0 Å². The van der Waals surface area contributed by atoms with Crippen molar-refractivity contribution < 1.29 is 9.53 Å². The fourth-order valence-corrected chi connectivity index (χ4v) is 3.44. The molecular weight excluding hydrogens is 358 g/mol. The molecule has 0 spiro atoms. The van der Waals surface area contributed by atoms with Gasteiger partial charge in [-0.2, -0.15) is 0 Å². The first-order chi connectivity index (χ1) is 10.7. The number of carbonyl (C=O) groups excluding carboxylic acids is 1. The van der Waals surface area contributed by atoms with E-state index in [1.807, 2.05) is 39.8 Å². The van der Waals surface area contributed by atoms with Crippen molar-refractivity contribution in [3.05, 3.63) is 28.5 Å². The summed E-state index contributed by atoms with van der Waals surface area (Å²) >= 11 is 3.53. The second-order valence-electron chi connectivity index (χ2n) is 7.03. The van der Waals surface area contributed by atoms with Crippen molar-refractivity contribution >= 4 is 33.1 Å². The highest BCUT2D eigenvalue weighted by atomic mass is 79.9. The van der Waals surface area contributed by atoms with Crippen LogP contribution in [0.2, 0.25) is 0 Å². The van der Waals surface area contributed by atoms with Crippen LogP contribution in [0, 0.1) is 6.92 Å². The van der Waals surface area contributed by atoms with Crippen LogP contribution in [0.15, 0.2) is 22.7 Å². The number of rotatable bonds is 1. The Morgan fingerprint density at radius 2 is 2.13 bits per heavy atom. The number of aryl methyl sites for hydroxylation is 1. The first-order valence-electron chi connectivity index (χ1n) is 7.86. The van der Waals surface area contributed by atoms with E-state index in [4.69, 9.17) is 4.74 Å². The van der Waals surface area contributed by atoms with Gasteiger partial charge in [0.1, 0.15) is 11.4 Å². The number of ether oxygens (including phenoxy) is 1. The maximum atomic E-state index is 12.3. The Morgan fingerprint density at radius 1 is 1.39 bits per heavy atom. The summed E-state index contributed by atoms with van der Waals surface area (Å²) in [6, 6.07) is 6.34. The van der Waals surface area contributed by atoms with Crippen LogP contribution in [0.4, 0.5) is 4.79 Å². The van der Waals surface area contributed by atoms with Gasteiger partial charge in [-0.15, -0.1) is 0 Å². The fourth-order valence-electron chi connectivity index (χ4n) is 3.09. The van der Waals surface area contributed by atoms with E-state index >= 15 is 0 Å². The average molecular weight is 380 g/mol. The lowest BCUT2D eigenvalue weighted by atomic mass is 10.2. The molecule has 1 unspecified atom stereocenters. The van der Waals surface area contributed by atoms with Crippen LogP contribution in [-0.4, -0.2) is 39.2 Å². The van der Waals surface area contributed by atoms with Gasteiger partial charge in [0.25, 0.3) is 0 Å². The number of carbonyl (C=O) groups is 1. The molecule has 1 saturated heterocycles. The maximum Gasteiger partial charge on any atom is 0.410 e. The molecule has 3 rings (SSSR count). The molecule has 1 atom stereocenters. The zero-order valence-corrected chi connectivity index (χ0v) is 15.6. The van der Waals surface area contributed by atoms with Gasteiger partial charge in [-0.25, -0.2) is 9.78 Å². The molecule has 0 aliphatic carbocycles. The molecule has 0 saturated carbocycles. The van der Waals surface area contributed by atoms with Crippen molar-refractivity contribution in [2.75, 3.05) is 13.1 Å². The number of amides is 1. The Morgan fingerprint density at radius 3 is 2.83 bits per heavy atom. The second kappa shape index (κ2) is 5.82. The van der Waals surface area contributed by atoms with E-state index in [-0.39, 0.29) is 12.1 Å². The molecule has 5 nitrogen and oxygen atoms in total. The van der Waals surface area contributed by atoms with E-state index in [2.05, 4.69) is 31.5 Å². The van der Waals surface area contributed by atoms with Crippen LogP contribution in [0.3, 0.4) is 0 Å².